The first-order chi connectivity index (χ1) is 19.3. The fraction of sp³-hybridized carbons (Fsp3) is 0.414. The average molecular weight is 584 g/mol. The number of aromatic nitrogens is 3. The van der Waals surface area contributed by atoms with Crippen LogP contribution in [0.5, 0.6) is 0 Å². The molecule has 1 amide bonds. The Morgan fingerprint density at radius 1 is 1.12 bits per heavy atom. The van der Waals surface area contributed by atoms with E-state index in [4.69, 9.17) is 14.0 Å². The molecule has 2 atom stereocenters. The molecule has 2 aromatic carbocycles. The number of benzene rings is 2. The third-order valence-corrected chi connectivity index (χ3v) is 12.3. The molecule has 1 fully saturated rings. The minimum Gasteiger partial charge on any atom is -0.442 e. The van der Waals surface area contributed by atoms with E-state index in [1.54, 1.807) is 23.0 Å². The Balaban J connectivity index is 1.26. The number of rotatable bonds is 8. The molecule has 5 rings (SSSR count). The third kappa shape index (κ3) is 6.19. The van der Waals surface area contributed by atoms with Gasteiger partial charge in [-0.3, -0.25) is 15.2 Å². The maximum absolute atomic E-state index is 15.2. The van der Waals surface area contributed by atoms with Gasteiger partial charge in [-0.15, -0.1) is 5.10 Å². The van der Waals surface area contributed by atoms with Crippen molar-refractivity contribution in [2.45, 2.75) is 64.6 Å². The summed E-state index contributed by atoms with van der Waals surface area (Å²) in [6.07, 6.45) is 2.27. The van der Waals surface area contributed by atoms with E-state index < -0.39 is 32.1 Å². The standard InChI is InChI=1S/C29H35F2N5O4Si/c1-18-14-35(34-32-18)15-22-16-36(28(37)39-22)20-8-10-24(26(31)12-20)23-9-7-19(11-25(23)30)27-13-21(40-33-27)17-38-41(5,6)29(2,3)4/h7-14,21-22,33H,15-17H2,1-6H3/t21?,22-/m0/s1. The predicted octanol–water partition coefficient (Wildman–Crippen LogP) is 5.82. The second-order valence-electron chi connectivity index (χ2n) is 12.0. The van der Waals surface area contributed by atoms with Crippen molar-refractivity contribution in [2.24, 2.45) is 0 Å². The van der Waals surface area contributed by atoms with Crippen molar-refractivity contribution in [3.8, 4) is 11.1 Å². The van der Waals surface area contributed by atoms with Crippen molar-refractivity contribution in [1.82, 2.24) is 20.5 Å². The number of carbonyl (C=O) groups is 1. The third-order valence-electron chi connectivity index (χ3n) is 7.84. The minimum absolute atomic E-state index is 0.0794. The molecule has 2 aliphatic heterocycles. The summed E-state index contributed by atoms with van der Waals surface area (Å²) in [5, 5.41) is 7.98. The largest absolute Gasteiger partial charge is 0.442 e. The van der Waals surface area contributed by atoms with Crippen LogP contribution in [-0.2, 0) is 20.5 Å². The van der Waals surface area contributed by atoms with Crippen molar-refractivity contribution >= 4 is 25.8 Å². The number of nitrogens with zero attached hydrogens (tertiary/aromatic N) is 4. The zero-order valence-corrected chi connectivity index (χ0v) is 25.1. The van der Waals surface area contributed by atoms with Crippen LogP contribution in [0.1, 0.15) is 32.0 Å². The first-order valence-electron chi connectivity index (χ1n) is 13.5. The van der Waals surface area contributed by atoms with Gasteiger partial charge in [-0.25, -0.2) is 18.3 Å². The lowest BCUT2D eigenvalue weighted by molar-refractivity contribution is 0.0203. The van der Waals surface area contributed by atoms with E-state index in [0.29, 0.717) is 30.1 Å². The number of hydrogen-bond acceptors (Lipinski definition) is 7. The molecule has 12 heteroatoms. The summed E-state index contributed by atoms with van der Waals surface area (Å²) in [7, 11) is -1.94. The SMILES string of the molecule is Cc1cn(C[C@H]2CN(c3ccc(-c4ccc(C5=CC(CO[Si](C)(C)C(C)(C)C)ON5)cc4F)c(F)c3)C(=O)O2)nn1. The van der Waals surface area contributed by atoms with Crippen LogP contribution in [-0.4, -0.2) is 54.8 Å². The van der Waals surface area contributed by atoms with E-state index >= 15 is 8.78 Å². The van der Waals surface area contributed by atoms with Gasteiger partial charge in [0.1, 0.15) is 23.8 Å². The molecule has 0 saturated carbocycles. The van der Waals surface area contributed by atoms with Crippen LogP contribution in [0.3, 0.4) is 0 Å². The quantitative estimate of drug-likeness (QED) is 0.334. The molecule has 9 nitrogen and oxygen atoms in total. The lowest BCUT2D eigenvalue weighted by Crippen LogP contribution is -2.42. The van der Waals surface area contributed by atoms with E-state index in [9.17, 15) is 4.79 Å². The molecule has 2 aliphatic rings. The maximum atomic E-state index is 15.2. The van der Waals surface area contributed by atoms with Crippen LogP contribution in [0, 0.1) is 18.6 Å². The molecule has 0 aliphatic carbocycles. The first-order valence-corrected chi connectivity index (χ1v) is 16.4. The van der Waals surface area contributed by atoms with Gasteiger partial charge in [0.25, 0.3) is 0 Å². The number of nitrogens with one attached hydrogen (secondary N) is 1. The van der Waals surface area contributed by atoms with Crippen molar-refractivity contribution in [3.05, 3.63) is 71.6 Å². The van der Waals surface area contributed by atoms with Gasteiger partial charge in [-0.05, 0) is 55.4 Å². The molecular formula is C29H35F2N5O4Si. The number of hydrogen-bond donors (Lipinski definition) is 1. The summed E-state index contributed by atoms with van der Waals surface area (Å²) in [5.41, 5.74) is 5.34. The zero-order valence-electron chi connectivity index (χ0n) is 24.1. The highest BCUT2D eigenvalue weighted by molar-refractivity contribution is 6.74. The normalized spacial score (nSPS) is 19.4. The molecule has 1 aromatic heterocycles. The molecular weight excluding hydrogens is 548 g/mol. The van der Waals surface area contributed by atoms with Crippen molar-refractivity contribution in [2.75, 3.05) is 18.1 Å². The zero-order chi connectivity index (χ0) is 29.5. The first kappa shape index (κ1) is 28.9. The van der Waals surface area contributed by atoms with Crippen LogP contribution in [0.25, 0.3) is 16.8 Å². The molecule has 1 unspecified atom stereocenters. The summed E-state index contributed by atoms with van der Waals surface area (Å²) in [6, 6.07) is 8.85. The number of carbonyl (C=O) groups excluding carboxylic acids is 1. The number of ether oxygens (including phenoxy) is 1. The van der Waals surface area contributed by atoms with Gasteiger partial charge in [0, 0.05) is 22.9 Å². The Hall–Kier alpha value is -3.61. The minimum atomic E-state index is -1.94. The van der Waals surface area contributed by atoms with E-state index in [0.717, 1.165) is 5.69 Å². The molecule has 0 bridgehead atoms. The average Bonchev–Trinajstić information content (AvgIpc) is 3.63. The number of hydroxylamine groups is 1. The van der Waals surface area contributed by atoms with Gasteiger partial charge in [-0.2, -0.15) is 0 Å². The Morgan fingerprint density at radius 2 is 1.83 bits per heavy atom. The van der Waals surface area contributed by atoms with Gasteiger partial charge >= 0.3 is 6.09 Å². The van der Waals surface area contributed by atoms with Gasteiger partial charge < -0.3 is 9.16 Å². The lowest BCUT2D eigenvalue weighted by Gasteiger charge is -2.36. The molecule has 0 radical (unpaired) electrons. The second kappa shape index (κ2) is 11.0. The monoisotopic (exact) mass is 583 g/mol. The molecule has 1 N–H and O–H groups in total. The molecule has 41 heavy (non-hydrogen) atoms. The summed E-state index contributed by atoms with van der Waals surface area (Å²) < 4.78 is 43.7. The smallest absolute Gasteiger partial charge is 0.414 e. The highest BCUT2D eigenvalue weighted by Gasteiger charge is 2.38. The molecule has 3 heterocycles. The van der Waals surface area contributed by atoms with Crippen molar-refractivity contribution in [1.29, 1.82) is 0 Å². The predicted molar refractivity (Wildman–Crippen MR) is 153 cm³/mol. The summed E-state index contributed by atoms with van der Waals surface area (Å²) in [5.74, 6) is -1.23. The van der Waals surface area contributed by atoms with Crippen LogP contribution in [0.2, 0.25) is 18.1 Å². The topological polar surface area (TPSA) is 90.7 Å². The Kier molecular flexibility index (Phi) is 7.75. The van der Waals surface area contributed by atoms with Gasteiger partial charge in [0.15, 0.2) is 8.32 Å². The number of cyclic esters (lactones) is 1. The van der Waals surface area contributed by atoms with E-state index in [1.165, 1.54) is 29.2 Å². The van der Waals surface area contributed by atoms with Gasteiger partial charge in [0.2, 0.25) is 0 Å². The molecule has 0 spiro atoms. The van der Waals surface area contributed by atoms with Gasteiger partial charge in [0.05, 0.1) is 36.8 Å². The maximum Gasteiger partial charge on any atom is 0.414 e. The van der Waals surface area contributed by atoms with E-state index in [1.807, 2.05) is 13.0 Å². The highest BCUT2D eigenvalue weighted by Crippen LogP contribution is 2.37. The van der Waals surface area contributed by atoms with Crippen LogP contribution < -0.4 is 10.4 Å². The van der Waals surface area contributed by atoms with Crippen molar-refractivity contribution < 1.29 is 27.6 Å². The fourth-order valence-corrected chi connectivity index (χ4v) is 5.46. The second-order valence-corrected chi connectivity index (χ2v) is 16.8. The molecule has 3 aromatic rings. The fourth-order valence-electron chi connectivity index (χ4n) is 4.45. The number of halogens is 2. The van der Waals surface area contributed by atoms with E-state index in [2.05, 4.69) is 49.7 Å². The van der Waals surface area contributed by atoms with Crippen LogP contribution in [0.4, 0.5) is 19.3 Å². The molecule has 218 valence electrons. The van der Waals surface area contributed by atoms with Gasteiger partial charge in [-0.1, -0.05) is 38.1 Å². The van der Waals surface area contributed by atoms with Crippen LogP contribution in [0.15, 0.2) is 48.7 Å². The Bertz CT molecular complexity index is 1490. The highest BCUT2D eigenvalue weighted by atomic mass is 28.4. The summed E-state index contributed by atoms with van der Waals surface area (Å²) in [6.45, 7) is 13.7. The Morgan fingerprint density at radius 3 is 2.46 bits per heavy atom. The van der Waals surface area contributed by atoms with Crippen molar-refractivity contribution in [3.63, 3.8) is 0 Å². The molecule has 1 saturated heterocycles. The van der Waals surface area contributed by atoms with Crippen LogP contribution >= 0.6 is 0 Å². The number of aryl methyl sites for hydroxylation is 1. The summed E-state index contributed by atoms with van der Waals surface area (Å²) in [4.78, 5) is 19.5. The lowest BCUT2D eigenvalue weighted by atomic mass is 10.0. The Labute approximate surface area is 239 Å². The van der Waals surface area contributed by atoms with E-state index in [-0.39, 0.29) is 28.8 Å². The summed E-state index contributed by atoms with van der Waals surface area (Å²) >= 11 is 0. The number of amides is 1. The number of anilines is 1.